The second kappa shape index (κ2) is 6.34. The molecular formula is C5H12NO4P. The molecule has 0 saturated heterocycles. The SMILES string of the molecule is NC(=O)CCCCO[PH](=O)O. The van der Waals surface area contributed by atoms with Crippen LogP contribution < -0.4 is 5.73 Å². The molecule has 0 aliphatic carbocycles. The molecule has 6 heteroatoms. The van der Waals surface area contributed by atoms with Crippen LogP contribution in [0.2, 0.25) is 0 Å². The molecule has 66 valence electrons. The van der Waals surface area contributed by atoms with Crippen molar-refractivity contribution in [3.05, 3.63) is 0 Å². The number of hydrogen-bond acceptors (Lipinski definition) is 3. The zero-order valence-corrected chi connectivity index (χ0v) is 7.08. The molecule has 0 aromatic heterocycles. The molecule has 0 spiro atoms. The Hall–Kier alpha value is -0.380. The average Bonchev–Trinajstić information content (AvgIpc) is 1.85. The Labute approximate surface area is 65.5 Å². The Morgan fingerprint density at radius 2 is 2.18 bits per heavy atom. The summed E-state index contributed by atoms with van der Waals surface area (Å²) in [6, 6.07) is 0. The van der Waals surface area contributed by atoms with E-state index in [2.05, 4.69) is 4.52 Å². The van der Waals surface area contributed by atoms with E-state index in [0.717, 1.165) is 0 Å². The highest BCUT2D eigenvalue weighted by Gasteiger charge is 1.95. The Morgan fingerprint density at radius 3 is 2.64 bits per heavy atom. The van der Waals surface area contributed by atoms with Crippen molar-refractivity contribution in [2.75, 3.05) is 6.61 Å². The van der Waals surface area contributed by atoms with Crippen LogP contribution in [0.25, 0.3) is 0 Å². The minimum atomic E-state index is -2.80. The minimum Gasteiger partial charge on any atom is -0.370 e. The van der Waals surface area contributed by atoms with Gasteiger partial charge in [0.2, 0.25) is 5.91 Å². The highest BCUT2D eigenvalue weighted by Crippen LogP contribution is 2.14. The predicted molar refractivity (Wildman–Crippen MR) is 40.2 cm³/mol. The number of hydrogen-bond donors (Lipinski definition) is 2. The van der Waals surface area contributed by atoms with Gasteiger partial charge in [-0.3, -0.25) is 9.36 Å². The van der Waals surface area contributed by atoms with Crippen LogP contribution >= 0.6 is 8.25 Å². The van der Waals surface area contributed by atoms with Gasteiger partial charge in [-0.25, -0.2) is 0 Å². The second-order valence-corrected chi connectivity index (χ2v) is 2.86. The molecular weight excluding hydrogens is 169 g/mol. The third-order valence-electron chi connectivity index (χ3n) is 1.04. The molecule has 0 aliphatic heterocycles. The van der Waals surface area contributed by atoms with Crippen molar-refractivity contribution in [3.8, 4) is 0 Å². The van der Waals surface area contributed by atoms with Gasteiger partial charge in [-0.05, 0) is 12.8 Å². The van der Waals surface area contributed by atoms with Gasteiger partial charge in [-0.15, -0.1) is 0 Å². The number of nitrogens with two attached hydrogens (primary N) is 1. The Bertz CT molecular complexity index is 133. The third kappa shape index (κ3) is 9.62. The number of carbonyl (C=O) groups is 1. The van der Waals surface area contributed by atoms with Crippen molar-refractivity contribution < 1.29 is 18.8 Å². The maximum Gasteiger partial charge on any atom is 0.316 e. The van der Waals surface area contributed by atoms with Gasteiger partial charge in [0.25, 0.3) is 0 Å². The fourth-order valence-electron chi connectivity index (χ4n) is 0.561. The molecule has 5 nitrogen and oxygen atoms in total. The van der Waals surface area contributed by atoms with Gasteiger partial charge in [0.15, 0.2) is 0 Å². The fraction of sp³-hybridized carbons (Fsp3) is 0.800. The summed E-state index contributed by atoms with van der Waals surface area (Å²) in [5, 5.41) is 0. The van der Waals surface area contributed by atoms with Crippen molar-refractivity contribution in [1.29, 1.82) is 0 Å². The van der Waals surface area contributed by atoms with Crippen LogP contribution in [0.4, 0.5) is 0 Å². The molecule has 1 amide bonds. The zero-order chi connectivity index (χ0) is 8.69. The lowest BCUT2D eigenvalue weighted by molar-refractivity contribution is -0.118. The van der Waals surface area contributed by atoms with Gasteiger partial charge < -0.3 is 15.2 Å². The van der Waals surface area contributed by atoms with Crippen LogP contribution in [-0.2, 0) is 13.9 Å². The van der Waals surface area contributed by atoms with E-state index in [9.17, 15) is 9.36 Å². The van der Waals surface area contributed by atoms with Crippen LogP contribution in [0.1, 0.15) is 19.3 Å². The van der Waals surface area contributed by atoms with Gasteiger partial charge in [-0.2, -0.15) is 0 Å². The first-order valence-corrected chi connectivity index (χ1v) is 4.53. The van der Waals surface area contributed by atoms with Crippen LogP contribution in [0.15, 0.2) is 0 Å². The normalized spacial score (nSPS) is 12.8. The van der Waals surface area contributed by atoms with Crippen molar-refractivity contribution in [3.63, 3.8) is 0 Å². The number of amides is 1. The van der Waals surface area contributed by atoms with Crippen molar-refractivity contribution >= 4 is 14.2 Å². The molecule has 0 fully saturated rings. The lowest BCUT2D eigenvalue weighted by Crippen LogP contribution is -2.09. The number of carbonyl (C=O) groups excluding carboxylic acids is 1. The first-order chi connectivity index (χ1) is 5.13. The molecule has 11 heavy (non-hydrogen) atoms. The summed E-state index contributed by atoms with van der Waals surface area (Å²) in [4.78, 5) is 18.4. The van der Waals surface area contributed by atoms with E-state index in [4.69, 9.17) is 10.6 Å². The first kappa shape index (κ1) is 10.6. The van der Waals surface area contributed by atoms with Crippen LogP contribution in [-0.4, -0.2) is 17.4 Å². The highest BCUT2D eigenvalue weighted by molar-refractivity contribution is 7.32. The maximum absolute atomic E-state index is 10.2. The monoisotopic (exact) mass is 181 g/mol. The van der Waals surface area contributed by atoms with E-state index in [0.29, 0.717) is 19.3 Å². The summed E-state index contributed by atoms with van der Waals surface area (Å²) in [6.45, 7) is 0.210. The predicted octanol–water partition coefficient (Wildman–Crippen LogP) is 0.0406. The lowest BCUT2D eigenvalue weighted by atomic mass is 10.2. The molecule has 0 aromatic carbocycles. The van der Waals surface area contributed by atoms with Crippen molar-refractivity contribution in [2.45, 2.75) is 19.3 Å². The Balaban J connectivity index is 3.03. The molecule has 0 aromatic rings. The topological polar surface area (TPSA) is 89.6 Å². The minimum absolute atomic E-state index is 0.210. The summed E-state index contributed by atoms with van der Waals surface area (Å²) in [5.41, 5.74) is 4.85. The van der Waals surface area contributed by atoms with Crippen LogP contribution in [0, 0.1) is 0 Å². The molecule has 0 aliphatic rings. The summed E-state index contributed by atoms with van der Waals surface area (Å²) in [6.07, 6.45) is 1.49. The highest BCUT2D eigenvalue weighted by atomic mass is 31.1. The largest absolute Gasteiger partial charge is 0.370 e. The number of unbranched alkanes of at least 4 members (excludes halogenated alkanes) is 1. The van der Waals surface area contributed by atoms with E-state index in [1.165, 1.54) is 0 Å². The smallest absolute Gasteiger partial charge is 0.316 e. The average molecular weight is 181 g/mol. The van der Waals surface area contributed by atoms with Gasteiger partial charge in [0.05, 0.1) is 6.61 Å². The van der Waals surface area contributed by atoms with E-state index < -0.39 is 8.25 Å². The van der Waals surface area contributed by atoms with E-state index in [1.807, 2.05) is 0 Å². The van der Waals surface area contributed by atoms with Crippen molar-refractivity contribution in [1.82, 2.24) is 0 Å². The molecule has 0 heterocycles. The van der Waals surface area contributed by atoms with Gasteiger partial charge in [0.1, 0.15) is 0 Å². The second-order valence-electron chi connectivity index (χ2n) is 2.04. The van der Waals surface area contributed by atoms with Gasteiger partial charge >= 0.3 is 8.25 Å². The summed E-state index contributed by atoms with van der Waals surface area (Å²) >= 11 is 0. The molecule has 1 atom stereocenters. The van der Waals surface area contributed by atoms with E-state index >= 15 is 0 Å². The summed E-state index contributed by atoms with van der Waals surface area (Å²) < 4.78 is 14.3. The number of primary amides is 1. The van der Waals surface area contributed by atoms with E-state index in [-0.39, 0.29) is 12.5 Å². The quantitative estimate of drug-likeness (QED) is 0.447. The summed E-state index contributed by atoms with van der Waals surface area (Å²) in [7, 11) is -2.80. The lowest BCUT2D eigenvalue weighted by Gasteiger charge is -1.97. The fourth-order valence-corrected chi connectivity index (χ4v) is 0.880. The van der Waals surface area contributed by atoms with Crippen molar-refractivity contribution in [2.24, 2.45) is 5.73 Å². The molecule has 0 rings (SSSR count). The third-order valence-corrected chi connectivity index (χ3v) is 1.49. The number of rotatable bonds is 6. The molecule has 3 N–H and O–H groups in total. The molecule has 0 saturated carbocycles. The molecule has 1 unspecified atom stereocenters. The van der Waals surface area contributed by atoms with Gasteiger partial charge in [0, 0.05) is 6.42 Å². The first-order valence-electron chi connectivity index (χ1n) is 3.27. The molecule has 0 bridgehead atoms. The maximum atomic E-state index is 10.2. The summed E-state index contributed by atoms with van der Waals surface area (Å²) in [5.74, 6) is -0.360. The van der Waals surface area contributed by atoms with Gasteiger partial charge in [-0.1, -0.05) is 0 Å². The standard InChI is InChI=1S/C5H12NO4P/c6-5(7)3-1-2-4-10-11(8)9/h11H,1-4H2,(H2,6,7)(H,8,9). The zero-order valence-electron chi connectivity index (χ0n) is 6.08. The Morgan fingerprint density at radius 1 is 1.55 bits per heavy atom. The van der Waals surface area contributed by atoms with Crippen LogP contribution in [0.5, 0.6) is 0 Å². The Kier molecular flexibility index (Phi) is 6.12. The molecule has 0 radical (unpaired) electrons. The van der Waals surface area contributed by atoms with Crippen LogP contribution in [0.3, 0.4) is 0 Å². The van der Waals surface area contributed by atoms with E-state index in [1.54, 1.807) is 0 Å².